The standard InChI is InChI=1S/C25H26FN3O2/c1-17-16-23(18(2)29(17)22-10-8-20(26)9-11-22)25(31)28-14-12-21(13-15-28)27-24(30)19-6-4-3-5-7-19/h3-11,16,21H,12-15H2,1-2H3,(H,27,30). The van der Waals surface area contributed by atoms with Crippen LogP contribution in [0.25, 0.3) is 5.69 Å². The van der Waals surface area contributed by atoms with Crippen molar-refractivity contribution in [3.63, 3.8) is 0 Å². The molecule has 160 valence electrons. The summed E-state index contributed by atoms with van der Waals surface area (Å²) in [4.78, 5) is 27.4. The lowest BCUT2D eigenvalue weighted by molar-refractivity contribution is 0.0697. The van der Waals surface area contributed by atoms with Gasteiger partial charge in [0.15, 0.2) is 0 Å². The van der Waals surface area contributed by atoms with Gasteiger partial charge in [0.25, 0.3) is 11.8 Å². The summed E-state index contributed by atoms with van der Waals surface area (Å²) in [6.07, 6.45) is 1.45. The van der Waals surface area contributed by atoms with Gasteiger partial charge in [0, 0.05) is 41.8 Å². The van der Waals surface area contributed by atoms with Crippen LogP contribution in [0.2, 0.25) is 0 Å². The number of hydrogen-bond donors (Lipinski definition) is 1. The Kier molecular flexibility index (Phi) is 5.89. The first-order valence-electron chi connectivity index (χ1n) is 10.5. The fourth-order valence-electron chi connectivity index (χ4n) is 4.22. The van der Waals surface area contributed by atoms with Gasteiger partial charge in [0.2, 0.25) is 0 Å². The molecule has 0 aliphatic carbocycles. The molecule has 0 unspecified atom stereocenters. The zero-order chi connectivity index (χ0) is 22.0. The summed E-state index contributed by atoms with van der Waals surface area (Å²) in [6, 6.07) is 17.4. The molecule has 31 heavy (non-hydrogen) atoms. The monoisotopic (exact) mass is 419 g/mol. The maximum absolute atomic E-state index is 13.3. The SMILES string of the molecule is Cc1cc(C(=O)N2CCC(NC(=O)c3ccccc3)CC2)c(C)n1-c1ccc(F)cc1. The van der Waals surface area contributed by atoms with Crippen LogP contribution in [0.4, 0.5) is 4.39 Å². The second-order valence-corrected chi connectivity index (χ2v) is 8.00. The highest BCUT2D eigenvalue weighted by molar-refractivity contribution is 5.96. The number of nitrogens with zero attached hydrogens (tertiary/aromatic N) is 2. The number of aromatic nitrogens is 1. The molecular formula is C25H26FN3O2. The Hall–Kier alpha value is -3.41. The first-order chi connectivity index (χ1) is 14.9. The summed E-state index contributed by atoms with van der Waals surface area (Å²) in [6.45, 7) is 5.05. The predicted molar refractivity (Wildman–Crippen MR) is 118 cm³/mol. The lowest BCUT2D eigenvalue weighted by atomic mass is 10.0. The van der Waals surface area contributed by atoms with Crippen molar-refractivity contribution in [2.75, 3.05) is 13.1 Å². The van der Waals surface area contributed by atoms with Crippen LogP contribution in [0, 0.1) is 19.7 Å². The zero-order valence-electron chi connectivity index (χ0n) is 17.8. The first-order valence-corrected chi connectivity index (χ1v) is 10.5. The number of rotatable bonds is 4. The molecule has 5 nitrogen and oxygen atoms in total. The van der Waals surface area contributed by atoms with Gasteiger partial charge in [-0.2, -0.15) is 0 Å². The van der Waals surface area contributed by atoms with Crippen LogP contribution >= 0.6 is 0 Å². The van der Waals surface area contributed by atoms with E-state index in [1.807, 2.05) is 47.6 Å². The molecule has 2 aromatic carbocycles. The van der Waals surface area contributed by atoms with Gasteiger partial charge in [-0.3, -0.25) is 9.59 Å². The van der Waals surface area contributed by atoms with Gasteiger partial charge < -0.3 is 14.8 Å². The average Bonchev–Trinajstić information content (AvgIpc) is 3.09. The molecule has 1 N–H and O–H groups in total. The molecule has 0 radical (unpaired) electrons. The van der Waals surface area contributed by atoms with Gasteiger partial charge in [-0.05, 0) is 69.2 Å². The van der Waals surface area contributed by atoms with Crippen molar-refractivity contribution in [1.29, 1.82) is 0 Å². The van der Waals surface area contributed by atoms with E-state index in [9.17, 15) is 14.0 Å². The quantitative estimate of drug-likeness (QED) is 0.687. The van der Waals surface area contributed by atoms with Crippen molar-refractivity contribution in [3.05, 3.63) is 89.0 Å². The number of carbonyl (C=O) groups is 2. The van der Waals surface area contributed by atoms with Gasteiger partial charge in [0.05, 0.1) is 5.56 Å². The van der Waals surface area contributed by atoms with E-state index in [1.165, 1.54) is 12.1 Å². The van der Waals surface area contributed by atoms with Crippen LogP contribution in [0.3, 0.4) is 0 Å². The third-order valence-corrected chi connectivity index (χ3v) is 5.90. The molecule has 0 spiro atoms. The van der Waals surface area contributed by atoms with Crippen molar-refractivity contribution >= 4 is 11.8 Å². The van der Waals surface area contributed by atoms with E-state index in [1.54, 1.807) is 24.3 Å². The normalized spacial score (nSPS) is 14.5. The number of carbonyl (C=O) groups excluding carboxylic acids is 2. The molecule has 1 saturated heterocycles. The molecule has 6 heteroatoms. The van der Waals surface area contributed by atoms with Crippen LogP contribution in [0.15, 0.2) is 60.7 Å². The minimum atomic E-state index is -0.287. The largest absolute Gasteiger partial charge is 0.349 e. The molecule has 1 aliphatic rings. The van der Waals surface area contributed by atoms with Crippen LogP contribution in [0.1, 0.15) is 44.9 Å². The fraction of sp³-hybridized carbons (Fsp3) is 0.280. The third kappa shape index (κ3) is 4.38. The predicted octanol–water partition coefficient (Wildman–Crippen LogP) is 4.27. The van der Waals surface area contributed by atoms with Crippen LogP contribution in [-0.4, -0.2) is 40.4 Å². The summed E-state index contributed by atoms with van der Waals surface area (Å²) in [5.74, 6) is -0.368. The van der Waals surface area contributed by atoms with Crippen LogP contribution < -0.4 is 5.32 Å². The fourth-order valence-corrected chi connectivity index (χ4v) is 4.22. The van der Waals surface area contributed by atoms with E-state index in [2.05, 4.69) is 5.32 Å². The van der Waals surface area contributed by atoms with Crippen molar-refractivity contribution in [2.24, 2.45) is 0 Å². The Bertz CT molecular complexity index is 1080. The topological polar surface area (TPSA) is 54.3 Å². The molecule has 1 fully saturated rings. The molecule has 2 heterocycles. The van der Waals surface area contributed by atoms with E-state index in [0.29, 0.717) is 24.2 Å². The summed E-state index contributed by atoms with van der Waals surface area (Å²) >= 11 is 0. The van der Waals surface area contributed by atoms with E-state index >= 15 is 0 Å². The number of piperidine rings is 1. The van der Waals surface area contributed by atoms with Crippen LogP contribution in [0.5, 0.6) is 0 Å². The van der Waals surface area contributed by atoms with Crippen molar-refractivity contribution in [3.8, 4) is 5.69 Å². The molecule has 0 atom stereocenters. The Morgan fingerprint density at radius 3 is 2.26 bits per heavy atom. The third-order valence-electron chi connectivity index (χ3n) is 5.90. The Morgan fingerprint density at radius 1 is 0.968 bits per heavy atom. The van der Waals surface area contributed by atoms with Crippen LogP contribution in [-0.2, 0) is 0 Å². The molecule has 1 aliphatic heterocycles. The van der Waals surface area contributed by atoms with E-state index in [4.69, 9.17) is 0 Å². The number of amides is 2. The van der Waals surface area contributed by atoms with Gasteiger partial charge in [-0.25, -0.2) is 4.39 Å². The second-order valence-electron chi connectivity index (χ2n) is 8.00. The van der Waals surface area contributed by atoms with E-state index in [-0.39, 0.29) is 23.7 Å². The second kappa shape index (κ2) is 8.76. The number of likely N-dealkylation sites (tertiary alicyclic amines) is 1. The highest BCUT2D eigenvalue weighted by atomic mass is 19.1. The van der Waals surface area contributed by atoms with Crippen molar-refractivity contribution in [2.45, 2.75) is 32.7 Å². The maximum atomic E-state index is 13.3. The average molecular weight is 420 g/mol. The number of aryl methyl sites for hydroxylation is 1. The lowest BCUT2D eigenvalue weighted by Gasteiger charge is -2.32. The Morgan fingerprint density at radius 2 is 1.61 bits per heavy atom. The van der Waals surface area contributed by atoms with Gasteiger partial charge in [-0.15, -0.1) is 0 Å². The highest BCUT2D eigenvalue weighted by Gasteiger charge is 2.27. The highest BCUT2D eigenvalue weighted by Crippen LogP contribution is 2.24. The molecular weight excluding hydrogens is 393 g/mol. The van der Waals surface area contributed by atoms with E-state index in [0.717, 1.165) is 29.9 Å². The lowest BCUT2D eigenvalue weighted by Crippen LogP contribution is -2.46. The van der Waals surface area contributed by atoms with Crippen molar-refractivity contribution < 1.29 is 14.0 Å². The van der Waals surface area contributed by atoms with Gasteiger partial charge >= 0.3 is 0 Å². The molecule has 4 rings (SSSR count). The smallest absolute Gasteiger partial charge is 0.255 e. The summed E-state index contributed by atoms with van der Waals surface area (Å²) in [5.41, 5.74) is 3.91. The Balaban J connectivity index is 1.42. The summed E-state index contributed by atoms with van der Waals surface area (Å²) in [5, 5.41) is 3.07. The maximum Gasteiger partial charge on any atom is 0.255 e. The molecule has 2 amide bonds. The van der Waals surface area contributed by atoms with Gasteiger partial charge in [0.1, 0.15) is 5.82 Å². The molecule has 0 saturated carbocycles. The minimum Gasteiger partial charge on any atom is -0.349 e. The minimum absolute atomic E-state index is 0.00528. The molecule has 1 aromatic heterocycles. The summed E-state index contributed by atoms with van der Waals surface area (Å²) < 4.78 is 15.3. The summed E-state index contributed by atoms with van der Waals surface area (Å²) in [7, 11) is 0. The van der Waals surface area contributed by atoms with Crippen molar-refractivity contribution in [1.82, 2.24) is 14.8 Å². The number of hydrogen-bond acceptors (Lipinski definition) is 2. The zero-order valence-corrected chi connectivity index (χ0v) is 17.8. The number of benzene rings is 2. The molecule has 0 bridgehead atoms. The number of nitrogens with one attached hydrogen (secondary N) is 1. The first kappa shape index (κ1) is 20.8. The Labute approximate surface area is 181 Å². The molecule has 3 aromatic rings. The van der Waals surface area contributed by atoms with E-state index < -0.39 is 0 Å². The number of halogens is 1. The van der Waals surface area contributed by atoms with Gasteiger partial charge in [-0.1, -0.05) is 18.2 Å².